The molecule has 0 aromatic carbocycles. The number of carboxylic acids is 1. The van der Waals surface area contributed by atoms with Crippen LogP contribution in [0.1, 0.15) is 17.4 Å². The first-order valence-electron chi connectivity index (χ1n) is 6.46. The third-order valence-corrected chi connectivity index (χ3v) is 3.19. The van der Waals surface area contributed by atoms with Gasteiger partial charge in [0.1, 0.15) is 5.69 Å². The van der Waals surface area contributed by atoms with E-state index in [1.165, 1.54) is 12.3 Å². The van der Waals surface area contributed by atoms with Crippen LogP contribution in [0.25, 0.3) is 0 Å². The van der Waals surface area contributed by atoms with Crippen molar-refractivity contribution in [3.05, 3.63) is 24.0 Å². The lowest BCUT2D eigenvalue weighted by Crippen LogP contribution is -2.45. The molecule has 0 spiro atoms. The van der Waals surface area contributed by atoms with Gasteiger partial charge in [0.2, 0.25) is 0 Å². The molecule has 0 radical (unpaired) electrons. The van der Waals surface area contributed by atoms with Crippen LogP contribution in [0, 0.1) is 0 Å². The Kier molecular flexibility index (Phi) is 4.70. The van der Waals surface area contributed by atoms with Gasteiger partial charge in [-0.05, 0) is 18.7 Å². The summed E-state index contributed by atoms with van der Waals surface area (Å²) in [6, 6.07) is 3.21. The molecule has 0 bridgehead atoms. The molecule has 6 nitrogen and oxygen atoms in total. The van der Waals surface area contributed by atoms with Gasteiger partial charge in [-0.3, -0.25) is 4.90 Å². The zero-order valence-electron chi connectivity index (χ0n) is 11.0. The van der Waals surface area contributed by atoms with Crippen molar-refractivity contribution in [1.29, 1.82) is 0 Å². The Hall–Kier alpha value is -1.66. The van der Waals surface area contributed by atoms with Crippen LogP contribution < -0.4 is 5.32 Å². The summed E-state index contributed by atoms with van der Waals surface area (Å²) < 4.78 is 5.68. The molecular weight excluding hydrogens is 246 g/mol. The number of likely N-dealkylation sites (N-methyl/N-ethyl adjacent to an activating group) is 1. The monoisotopic (exact) mass is 265 g/mol. The number of nitrogens with one attached hydrogen (secondary N) is 1. The Labute approximate surface area is 112 Å². The van der Waals surface area contributed by atoms with Crippen molar-refractivity contribution in [3.8, 4) is 0 Å². The first kappa shape index (κ1) is 13.8. The van der Waals surface area contributed by atoms with E-state index in [1.807, 2.05) is 0 Å². The molecule has 1 atom stereocenters. The number of carboxylic acid groups (broad SMARTS) is 1. The molecular formula is C13H19N3O3. The molecule has 6 heteroatoms. The summed E-state index contributed by atoms with van der Waals surface area (Å²) in [6.07, 6.45) is 1.69. The highest BCUT2D eigenvalue weighted by atomic mass is 16.5. The number of hydrogen-bond donors (Lipinski definition) is 2. The van der Waals surface area contributed by atoms with Crippen LogP contribution in [-0.2, 0) is 4.74 Å². The van der Waals surface area contributed by atoms with Gasteiger partial charge < -0.3 is 15.2 Å². The largest absolute Gasteiger partial charge is 0.477 e. The molecule has 0 amide bonds. The number of rotatable bonds is 5. The quantitative estimate of drug-likeness (QED) is 0.824. The van der Waals surface area contributed by atoms with Gasteiger partial charge in [-0.25, -0.2) is 9.78 Å². The predicted molar refractivity (Wildman–Crippen MR) is 71.5 cm³/mol. The molecule has 0 saturated carbocycles. The third kappa shape index (κ3) is 3.90. The fourth-order valence-electron chi connectivity index (χ4n) is 2.05. The van der Waals surface area contributed by atoms with Gasteiger partial charge in [0.25, 0.3) is 0 Å². The van der Waals surface area contributed by atoms with E-state index < -0.39 is 5.97 Å². The normalized spacial score (nSPS) is 20.2. The Bertz CT molecular complexity index is 422. The first-order chi connectivity index (χ1) is 9.19. The fourth-order valence-corrected chi connectivity index (χ4v) is 2.05. The summed E-state index contributed by atoms with van der Waals surface area (Å²) in [5, 5.41) is 12.0. The summed E-state index contributed by atoms with van der Waals surface area (Å²) >= 11 is 0. The highest BCUT2D eigenvalue weighted by Crippen LogP contribution is 2.09. The van der Waals surface area contributed by atoms with E-state index in [0.717, 1.165) is 31.9 Å². The number of ether oxygens (including phenoxy) is 1. The van der Waals surface area contributed by atoms with E-state index in [4.69, 9.17) is 9.84 Å². The van der Waals surface area contributed by atoms with Crippen LogP contribution in [0.5, 0.6) is 0 Å². The Morgan fingerprint density at radius 3 is 3.11 bits per heavy atom. The lowest BCUT2D eigenvalue weighted by atomic mass is 10.2. The highest BCUT2D eigenvalue weighted by Gasteiger charge is 2.18. The molecule has 1 aliphatic heterocycles. The smallest absolute Gasteiger partial charge is 0.354 e. The molecule has 2 rings (SSSR count). The standard InChI is InChI=1S/C13H19N3O3/c1-2-16-5-6-19-11(9-16)8-14-10-3-4-12(13(17)18)15-7-10/h3-4,7,11,14H,2,5-6,8-9H2,1H3,(H,17,18). The summed E-state index contributed by atoms with van der Waals surface area (Å²) in [5.41, 5.74) is 0.860. The van der Waals surface area contributed by atoms with Crippen LogP contribution in [0.2, 0.25) is 0 Å². The van der Waals surface area contributed by atoms with E-state index in [-0.39, 0.29) is 11.8 Å². The number of hydrogen-bond acceptors (Lipinski definition) is 5. The van der Waals surface area contributed by atoms with Crippen LogP contribution >= 0.6 is 0 Å². The minimum atomic E-state index is -1.01. The maximum atomic E-state index is 10.7. The fraction of sp³-hybridized carbons (Fsp3) is 0.538. The SMILES string of the molecule is CCN1CCOC(CNc2ccc(C(=O)O)nc2)C1. The lowest BCUT2D eigenvalue weighted by Gasteiger charge is -2.32. The molecule has 19 heavy (non-hydrogen) atoms. The van der Waals surface area contributed by atoms with Crippen LogP contribution in [0.15, 0.2) is 18.3 Å². The molecule has 2 heterocycles. The summed E-state index contributed by atoms with van der Waals surface area (Å²) in [4.78, 5) is 16.9. The number of nitrogens with zero attached hydrogens (tertiary/aromatic N) is 2. The van der Waals surface area contributed by atoms with Crippen LogP contribution in [-0.4, -0.2) is 59.8 Å². The van der Waals surface area contributed by atoms with Crippen LogP contribution in [0.4, 0.5) is 5.69 Å². The summed E-state index contributed by atoms with van der Waals surface area (Å²) in [5.74, 6) is -1.01. The van der Waals surface area contributed by atoms with Gasteiger partial charge in [0.15, 0.2) is 0 Å². The van der Waals surface area contributed by atoms with Crippen molar-refractivity contribution >= 4 is 11.7 Å². The number of morpholine rings is 1. The van der Waals surface area contributed by atoms with E-state index >= 15 is 0 Å². The van der Waals surface area contributed by atoms with Gasteiger partial charge in [0, 0.05) is 19.6 Å². The van der Waals surface area contributed by atoms with Gasteiger partial charge in [-0.2, -0.15) is 0 Å². The van der Waals surface area contributed by atoms with Gasteiger partial charge in [-0.15, -0.1) is 0 Å². The third-order valence-electron chi connectivity index (χ3n) is 3.19. The van der Waals surface area contributed by atoms with E-state index in [1.54, 1.807) is 6.07 Å². The number of aromatic carboxylic acids is 1. The minimum Gasteiger partial charge on any atom is -0.477 e. The van der Waals surface area contributed by atoms with Gasteiger partial charge in [-0.1, -0.05) is 6.92 Å². The molecule has 1 aliphatic rings. The predicted octanol–water partition coefficient (Wildman–Crippen LogP) is 0.912. The molecule has 1 unspecified atom stereocenters. The average molecular weight is 265 g/mol. The molecule has 1 aromatic rings. The number of carbonyl (C=O) groups is 1. The maximum absolute atomic E-state index is 10.7. The molecule has 104 valence electrons. The highest BCUT2D eigenvalue weighted by molar-refractivity contribution is 5.85. The van der Waals surface area contributed by atoms with Crippen molar-refractivity contribution in [3.63, 3.8) is 0 Å². The van der Waals surface area contributed by atoms with E-state index in [9.17, 15) is 4.79 Å². The molecule has 1 aromatic heterocycles. The van der Waals surface area contributed by atoms with Gasteiger partial charge >= 0.3 is 5.97 Å². The number of aromatic nitrogens is 1. The average Bonchev–Trinajstić information content (AvgIpc) is 2.46. The van der Waals surface area contributed by atoms with Crippen molar-refractivity contribution in [2.75, 3.05) is 38.1 Å². The zero-order valence-corrected chi connectivity index (χ0v) is 11.0. The van der Waals surface area contributed by atoms with E-state index in [2.05, 4.69) is 22.1 Å². The molecule has 2 N–H and O–H groups in total. The Balaban J connectivity index is 1.83. The minimum absolute atomic E-state index is 0.0524. The lowest BCUT2D eigenvalue weighted by molar-refractivity contribution is -0.0191. The molecule has 0 aliphatic carbocycles. The zero-order chi connectivity index (χ0) is 13.7. The maximum Gasteiger partial charge on any atom is 0.354 e. The molecule has 1 saturated heterocycles. The van der Waals surface area contributed by atoms with Crippen LogP contribution in [0.3, 0.4) is 0 Å². The second-order valence-corrected chi connectivity index (χ2v) is 4.50. The topological polar surface area (TPSA) is 74.7 Å². The summed E-state index contributed by atoms with van der Waals surface area (Å²) in [6.45, 7) is 6.55. The second kappa shape index (κ2) is 6.49. The van der Waals surface area contributed by atoms with Crippen molar-refractivity contribution in [2.24, 2.45) is 0 Å². The van der Waals surface area contributed by atoms with Gasteiger partial charge in [0.05, 0.1) is 24.6 Å². The van der Waals surface area contributed by atoms with Crippen molar-refractivity contribution in [1.82, 2.24) is 9.88 Å². The van der Waals surface area contributed by atoms with E-state index in [0.29, 0.717) is 6.54 Å². The summed E-state index contributed by atoms with van der Waals surface area (Å²) in [7, 11) is 0. The first-order valence-corrected chi connectivity index (χ1v) is 6.46. The van der Waals surface area contributed by atoms with Crippen molar-refractivity contribution < 1.29 is 14.6 Å². The Morgan fingerprint density at radius 1 is 1.63 bits per heavy atom. The second-order valence-electron chi connectivity index (χ2n) is 4.50. The Morgan fingerprint density at radius 2 is 2.47 bits per heavy atom. The number of anilines is 1. The number of pyridine rings is 1. The molecule has 1 fully saturated rings. The van der Waals surface area contributed by atoms with Crippen molar-refractivity contribution in [2.45, 2.75) is 13.0 Å².